The predicted octanol–water partition coefficient (Wildman–Crippen LogP) is 1.92. The maximum Gasteiger partial charge on any atom is 0.121 e. The Hall–Kier alpha value is -1.06. The van der Waals surface area contributed by atoms with Crippen molar-refractivity contribution in [2.45, 2.75) is 37.9 Å². The van der Waals surface area contributed by atoms with Crippen LogP contribution >= 0.6 is 0 Å². The second-order valence-electron chi connectivity index (χ2n) is 3.61. The third-order valence-corrected chi connectivity index (χ3v) is 2.67. The Morgan fingerprint density at radius 1 is 1.38 bits per heavy atom. The fourth-order valence-electron chi connectivity index (χ4n) is 1.91. The van der Waals surface area contributed by atoms with Crippen molar-refractivity contribution in [3.05, 3.63) is 12.3 Å². The van der Waals surface area contributed by atoms with E-state index in [-0.39, 0.29) is 0 Å². The molecule has 0 bridgehead atoms. The molecule has 2 rings (SSSR count). The van der Waals surface area contributed by atoms with Crippen molar-refractivity contribution in [1.82, 2.24) is 9.78 Å². The lowest BCUT2D eigenvalue weighted by atomic mass is 9.94. The van der Waals surface area contributed by atoms with E-state index in [1.54, 1.807) is 12.3 Å². The van der Waals surface area contributed by atoms with Gasteiger partial charge in [0.1, 0.15) is 12.0 Å². The van der Waals surface area contributed by atoms with Crippen LogP contribution in [0.1, 0.15) is 31.7 Å². The van der Waals surface area contributed by atoms with Crippen molar-refractivity contribution in [2.24, 2.45) is 0 Å². The topological polar surface area (TPSA) is 43.8 Å². The van der Waals surface area contributed by atoms with Crippen LogP contribution in [0.5, 0.6) is 0 Å². The number of alkyl halides is 1. The average Bonchev–Trinajstić information content (AvgIpc) is 2.53. The molecule has 1 aliphatic carbocycles. The second-order valence-corrected chi connectivity index (χ2v) is 3.61. The van der Waals surface area contributed by atoms with Crippen LogP contribution in [0.2, 0.25) is 0 Å². The molecule has 4 heteroatoms. The molecule has 1 heterocycles. The van der Waals surface area contributed by atoms with Crippen molar-refractivity contribution < 1.29 is 4.39 Å². The number of nitrogens with zero attached hydrogens (tertiary/aromatic N) is 2. The number of rotatable bonds is 1. The number of nitrogen functional groups attached to an aromatic ring is 1. The summed E-state index contributed by atoms with van der Waals surface area (Å²) in [6.45, 7) is 0. The molecule has 0 atom stereocenters. The van der Waals surface area contributed by atoms with E-state index in [0.717, 1.165) is 12.8 Å². The third-order valence-electron chi connectivity index (χ3n) is 2.67. The number of anilines is 1. The highest BCUT2D eigenvalue weighted by Gasteiger charge is 2.22. The zero-order valence-corrected chi connectivity index (χ0v) is 7.49. The van der Waals surface area contributed by atoms with Crippen LogP contribution < -0.4 is 5.73 Å². The molecule has 1 fully saturated rings. The highest BCUT2D eigenvalue weighted by atomic mass is 19.1. The average molecular weight is 183 g/mol. The fraction of sp³-hybridized carbons (Fsp3) is 0.667. The van der Waals surface area contributed by atoms with Crippen LogP contribution in [-0.4, -0.2) is 16.0 Å². The highest BCUT2D eigenvalue weighted by Crippen LogP contribution is 2.30. The molecule has 72 valence electrons. The molecule has 2 N–H and O–H groups in total. The van der Waals surface area contributed by atoms with Gasteiger partial charge in [-0.1, -0.05) is 0 Å². The van der Waals surface area contributed by atoms with E-state index >= 15 is 0 Å². The minimum absolute atomic E-state index is 0.307. The molecule has 1 aromatic heterocycles. The molecule has 0 aromatic carbocycles. The molecule has 13 heavy (non-hydrogen) atoms. The lowest BCUT2D eigenvalue weighted by Gasteiger charge is -2.25. The number of halogens is 1. The van der Waals surface area contributed by atoms with Crippen LogP contribution in [-0.2, 0) is 0 Å². The van der Waals surface area contributed by atoms with E-state index in [1.807, 2.05) is 4.68 Å². The summed E-state index contributed by atoms with van der Waals surface area (Å²) >= 11 is 0. The van der Waals surface area contributed by atoms with Crippen molar-refractivity contribution >= 4 is 5.82 Å². The summed E-state index contributed by atoms with van der Waals surface area (Å²) < 4.78 is 14.6. The number of hydrogen-bond acceptors (Lipinski definition) is 2. The fourth-order valence-corrected chi connectivity index (χ4v) is 1.91. The molecule has 3 nitrogen and oxygen atoms in total. The van der Waals surface area contributed by atoms with Gasteiger partial charge >= 0.3 is 0 Å². The highest BCUT2D eigenvalue weighted by molar-refractivity contribution is 5.26. The first-order chi connectivity index (χ1) is 6.27. The van der Waals surface area contributed by atoms with Gasteiger partial charge < -0.3 is 5.73 Å². The van der Waals surface area contributed by atoms with E-state index in [4.69, 9.17) is 5.73 Å². The first kappa shape index (κ1) is 8.53. The minimum Gasteiger partial charge on any atom is -0.384 e. The van der Waals surface area contributed by atoms with Crippen LogP contribution in [0.3, 0.4) is 0 Å². The first-order valence-corrected chi connectivity index (χ1v) is 4.70. The Bertz CT molecular complexity index is 276. The summed E-state index contributed by atoms with van der Waals surface area (Å²) in [6.07, 6.45) is 4.07. The van der Waals surface area contributed by atoms with Crippen LogP contribution in [0, 0.1) is 0 Å². The minimum atomic E-state index is -0.618. The number of hydrogen-bond donors (Lipinski definition) is 1. The molecule has 0 radical (unpaired) electrons. The molecule has 1 aromatic rings. The summed E-state index contributed by atoms with van der Waals surface area (Å²) in [4.78, 5) is 0. The predicted molar refractivity (Wildman–Crippen MR) is 49.0 cm³/mol. The summed E-state index contributed by atoms with van der Waals surface area (Å²) in [7, 11) is 0. The molecule has 1 saturated carbocycles. The van der Waals surface area contributed by atoms with Crippen molar-refractivity contribution in [2.75, 3.05) is 5.73 Å². The Kier molecular flexibility index (Phi) is 2.20. The molecule has 0 unspecified atom stereocenters. The van der Waals surface area contributed by atoms with Crippen molar-refractivity contribution in [1.29, 1.82) is 0 Å². The summed E-state index contributed by atoms with van der Waals surface area (Å²) in [6, 6.07) is 2.09. The zero-order valence-electron chi connectivity index (χ0n) is 7.49. The van der Waals surface area contributed by atoms with Crippen molar-refractivity contribution in [3.63, 3.8) is 0 Å². The Morgan fingerprint density at radius 2 is 2.08 bits per heavy atom. The number of nitrogens with two attached hydrogens (primary N) is 1. The molecular weight excluding hydrogens is 169 g/mol. The molecule has 0 saturated heterocycles. The molecule has 1 aliphatic rings. The zero-order chi connectivity index (χ0) is 9.26. The van der Waals surface area contributed by atoms with Gasteiger partial charge in [0.25, 0.3) is 0 Å². The van der Waals surface area contributed by atoms with Gasteiger partial charge in [-0.15, -0.1) is 0 Å². The van der Waals surface area contributed by atoms with Gasteiger partial charge in [0.2, 0.25) is 0 Å². The van der Waals surface area contributed by atoms with Gasteiger partial charge in [0.15, 0.2) is 0 Å². The quantitative estimate of drug-likeness (QED) is 0.722. The van der Waals surface area contributed by atoms with E-state index < -0.39 is 6.17 Å². The van der Waals surface area contributed by atoms with E-state index in [1.165, 1.54) is 0 Å². The Morgan fingerprint density at radius 3 is 2.62 bits per heavy atom. The molecule has 0 spiro atoms. The maximum absolute atomic E-state index is 12.8. The third kappa shape index (κ3) is 1.66. The standard InChI is InChI=1S/C9H14FN3/c10-7-1-3-8(4-2-7)13-9(11)5-6-12-13/h5-8H,1-4,11H2. The van der Waals surface area contributed by atoms with Gasteiger partial charge in [0.05, 0.1) is 12.2 Å². The largest absolute Gasteiger partial charge is 0.384 e. The van der Waals surface area contributed by atoms with Gasteiger partial charge in [-0.25, -0.2) is 9.07 Å². The van der Waals surface area contributed by atoms with Gasteiger partial charge in [-0.2, -0.15) is 5.10 Å². The van der Waals surface area contributed by atoms with Crippen molar-refractivity contribution in [3.8, 4) is 0 Å². The van der Waals surface area contributed by atoms with E-state index in [0.29, 0.717) is 24.7 Å². The normalized spacial score (nSPS) is 29.0. The van der Waals surface area contributed by atoms with Crippen LogP contribution in [0.15, 0.2) is 12.3 Å². The molecular formula is C9H14FN3. The first-order valence-electron chi connectivity index (χ1n) is 4.70. The second kappa shape index (κ2) is 3.36. The monoisotopic (exact) mass is 183 g/mol. The van der Waals surface area contributed by atoms with Crippen LogP contribution in [0.4, 0.5) is 10.2 Å². The lowest BCUT2D eigenvalue weighted by Crippen LogP contribution is -2.20. The SMILES string of the molecule is Nc1ccnn1C1CCC(F)CC1. The molecule has 0 amide bonds. The Balaban J connectivity index is 2.06. The Labute approximate surface area is 76.7 Å². The summed E-state index contributed by atoms with van der Waals surface area (Å²) in [5.41, 5.74) is 5.71. The van der Waals surface area contributed by atoms with Gasteiger partial charge in [0, 0.05) is 0 Å². The molecule has 0 aliphatic heterocycles. The number of aromatic nitrogens is 2. The summed E-state index contributed by atoms with van der Waals surface area (Å²) in [5, 5.41) is 4.13. The van der Waals surface area contributed by atoms with Gasteiger partial charge in [-0.05, 0) is 31.7 Å². The summed E-state index contributed by atoms with van der Waals surface area (Å²) in [5.74, 6) is 0.683. The van der Waals surface area contributed by atoms with Gasteiger partial charge in [-0.3, -0.25) is 0 Å². The van der Waals surface area contributed by atoms with E-state index in [2.05, 4.69) is 5.10 Å². The van der Waals surface area contributed by atoms with E-state index in [9.17, 15) is 4.39 Å². The van der Waals surface area contributed by atoms with Crippen LogP contribution in [0.25, 0.3) is 0 Å². The lowest BCUT2D eigenvalue weighted by molar-refractivity contribution is 0.203. The smallest absolute Gasteiger partial charge is 0.121 e. The maximum atomic E-state index is 12.8.